The summed E-state index contributed by atoms with van der Waals surface area (Å²) in [4.78, 5) is 22.2. The van der Waals surface area contributed by atoms with Gasteiger partial charge in [0.2, 0.25) is 0 Å². The SMILES string of the molecule is CCCCCC(CC)c1ccc(C(=O)O)c(C(=O)O)c1. The van der Waals surface area contributed by atoms with Crippen LogP contribution in [0.2, 0.25) is 0 Å². The molecule has 0 aliphatic rings. The minimum absolute atomic E-state index is 0.121. The van der Waals surface area contributed by atoms with Gasteiger partial charge in [-0.25, -0.2) is 9.59 Å². The van der Waals surface area contributed by atoms with Gasteiger partial charge < -0.3 is 10.2 Å². The van der Waals surface area contributed by atoms with E-state index in [1.165, 1.54) is 12.1 Å². The van der Waals surface area contributed by atoms with Crippen molar-refractivity contribution in [1.82, 2.24) is 0 Å². The van der Waals surface area contributed by atoms with Crippen LogP contribution in [0.15, 0.2) is 18.2 Å². The highest BCUT2D eigenvalue weighted by Gasteiger charge is 2.18. The van der Waals surface area contributed by atoms with Crippen molar-refractivity contribution in [2.45, 2.75) is 51.9 Å². The molecule has 1 aromatic rings. The molecule has 4 heteroatoms. The molecule has 20 heavy (non-hydrogen) atoms. The number of carboxylic acid groups (broad SMARTS) is 2. The molecule has 1 unspecified atom stereocenters. The van der Waals surface area contributed by atoms with Crippen molar-refractivity contribution in [3.8, 4) is 0 Å². The van der Waals surface area contributed by atoms with E-state index in [9.17, 15) is 9.59 Å². The molecule has 0 spiro atoms. The zero-order chi connectivity index (χ0) is 15.1. The van der Waals surface area contributed by atoms with Crippen LogP contribution in [0, 0.1) is 0 Å². The van der Waals surface area contributed by atoms with Crippen molar-refractivity contribution in [3.63, 3.8) is 0 Å². The Labute approximate surface area is 119 Å². The predicted molar refractivity (Wildman–Crippen MR) is 77.5 cm³/mol. The lowest BCUT2D eigenvalue weighted by atomic mass is 9.89. The smallest absolute Gasteiger partial charge is 0.336 e. The van der Waals surface area contributed by atoms with Gasteiger partial charge in [-0.3, -0.25) is 0 Å². The molecule has 0 radical (unpaired) electrons. The van der Waals surface area contributed by atoms with Crippen molar-refractivity contribution in [2.75, 3.05) is 0 Å². The first-order valence-electron chi connectivity index (χ1n) is 7.11. The third kappa shape index (κ3) is 4.08. The maximum atomic E-state index is 11.2. The number of hydrogen-bond acceptors (Lipinski definition) is 2. The second-order valence-electron chi connectivity index (χ2n) is 5.02. The van der Waals surface area contributed by atoms with Gasteiger partial charge in [0.25, 0.3) is 0 Å². The predicted octanol–water partition coefficient (Wildman–Crippen LogP) is 4.16. The van der Waals surface area contributed by atoms with Crippen molar-refractivity contribution in [3.05, 3.63) is 34.9 Å². The first-order chi connectivity index (χ1) is 9.51. The molecule has 0 amide bonds. The molecule has 0 aliphatic heterocycles. The average Bonchev–Trinajstić information content (AvgIpc) is 2.43. The molecule has 2 N–H and O–H groups in total. The maximum absolute atomic E-state index is 11.2. The topological polar surface area (TPSA) is 74.6 Å². The fourth-order valence-corrected chi connectivity index (χ4v) is 2.43. The summed E-state index contributed by atoms with van der Waals surface area (Å²) in [5.41, 5.74) is 0.652. The Kier molecular flexibility index (Phi) is 6.22. The summed E-state index contributed by atoms with van der Waals surface area (Å²) in [5.74, 6) is -2.09. The fourth-order valence-electron chi connectivity index (χ4n) is 2.43. The molecule has 4 nitrogen and oxygen atoms in total. The van der Waals surface area contributed by atoms with Gasteiger partial charge in [0.15, 0.2) is 0 Å². The summed E-state index contributed by atoms with van der Waals surface area (Å²) in [6.45, 7) is 4.22. The number of carbonyl (C=O) groups is 2. The Morgan fingerprint density at radius 1 is 1.05 bits per heavy atom. The summed E-state index contributed by atoms with van der Waals surface area (Å²) in [5, 5.41) is 18.2. The van der Waals surface area contributed by atoms with Gasteiger partial charge in [0.1, 0.15) is 0 Å². The van der Waals surface area contributed by atoms with Gasteiger partial charge in [-0.15, -0.1) is 0 Å². The van der Waals surface area contributed by atoms with Crippen LogP contribution >= 0.6 is 0 Å². The zero-order valence-corrected chi connectivity index (χ0v) is 12.1. The zero-order valence-electron chi connectivity index (χ0n) is 12.1. The highest BCUT2D eigenvalue weighted by atomic mass is 16.4. The van der Waals surface area contributed by atoms with Crippen molar-refractivity contribution >= 4 is 11.9 Å². The second-order valence-corrected chi connectivity index (χ2v) is 5.02. The molecule has 0 bridgehead atoms. The number of aromatic carboxylic acids is 2. The van der Waals surface area contributed by atoms with Crippen LogP contribution in [0.3, 0.4) is 0 Å². The Balaban J connectivity index is 3.02. The van der Waals surface area contributed by atoms with E-state index in [1.807, 2.05) is 0 Å². The largest absolute Gasteiger partial charge is 0.478 e. The molecule has 1 atom stereocenters. The molecule has 110 valence electrons. The molecule has 0 fully saturated rings. The minimum Gasteiger partial charge on any atom is -0.478 e. The standard InChI is InChI=1S/C16H22O4/c1-3-5-6-7-11(4-2)12-8-9-13(15(17)18)14(10-12)16(19)20/h8-11H,3-7H2,1-2H3,(H,17,18)(H,19,20). The van der Waals surface area contributed by atoms with E-state index in [0.717, 1.165) is 37.7 Å². The minimum atomic E-state index is -1.20. The number of hydrogen-bond donors (Lipinski definition) is 2. The molecule has 0 saturated carbocycles. The summed E-state index contributed by atoms with van der Waals surface area (Å²) < 4.78 is 0. The first-order valence-corrected chi connectivity index (χ1v) is 7.11. The van der Waals surface area contributed by atoms with Crippen LogP contribution in [-0.2, 0) is 0 Å². The van der Waals surface area contributed by atoms with Crippen molar-refractivity contribution in [1.29, 1.82) is 0 Å². The Morgan fingerprint density at radius 3 is 2.20 bits per heavy atom. The molecule has 0 aliphatic carbocycles. The van der Waals surface area contributed by atoms with Crippen LogP contribution in [-0.4, -0.2) is 22.2 Å². The van der Waals surface area contributed by atoms with E-state index < -0.39 is 11.9 Å². The molecule has 0 saturated heterocycles. The molecule has 1 aromatic carbocycles. The number of rotatable bonds is 8. The van der Waals surface area contributed by atoms with Gasteiger partial charge in [-0.2, -0.15) is 0 Å². The number of unbranched alkanes of at least 4 members (excludes halogenated alkanes) is 2. The summed E-state index contributed by atoms with van der Waals surface area (Å²) >= 11 is 0. The third-order valence-electron chi connectivity index (χ3n) is 3.62. The van der Waals surface area contributed by atoms with Crippen LogP contribution in [0.4, 0.5) is 0 Å². The highest BCUT2D eigenvalue weighted by Crippen LogP contribution is 2.27. The summed E-state index contributed by atoms with van der Waals surface area (Å²) in [7, 11) is 0. The van der Waals surface area contributed by atoms with E-state index in [1.54, 1.807) is 6.07 Å². The van der Waals surface area contributed by atoms with E-state index in [4.69, 9.17) is 10.2 Å². The van der Waals surface area contributed by atoms with E-state index in [0.29, 0.717) is 5.92 Å². The first kappa shape index (κ1) is 16.2. The summed E-state index contributed by atoms with van der Waals surface area (Å²) in [6, 6.07) is 4.67. The van der Waals surface area contributed by atoms with Gasteiger partial charge in [0, 0.05) is 0 Å². The Morgan fingerprint density at radius 2 is 1.70 bits per heavy atom. The lowest BCUT2D eigenvalue weighted by molar-refractivity contribution is 0.0651. The van der Waals surface area contributed by atoms with Crippen LogP contribution in [0.5, 0.6) is 0 Å². The second kappa shape index (κ2) is 7.68. The quantitative estimate of drug-likeness (QED) is 0.700. The molecule has 0 heterocycles. The lowest BCUT2D eigenvalue weighted by Gasteiger charge is -2.16. The Bertz CT molecular complexity index is 479. The normalized spacial score (nSPS) is 12.1. The van der Waals surface area contributed by atoms with Crippen LogP contribution < -0.4 is 0 Å². The third-order valence-corrected chi connectivity index (χ3v) is 3.62. The maximum Gasteiger partial charge on any atom is 0.336 e. The molecule has 1 rings (SSSR count). The number of carboxylic acids is 2. The molecular formula is C16H22O4. The van der Waals surface area contributed by atoms with Gasteiger partial charge in [-0.05, 0) is 36.5 Å². The highest BCUT2D eigenvalue weighted by molar-refractivity contribution is 6.01. The van der Waals surface area contributed by atoms with Gasteiger partial charge in [0.05, 0.1) is 11.1 Å². The fraction of sp³-hybridized carbons (Fsp3) is 0.500. The van der Waals surface area contributed by atoms with Gasteiger partial charge in [-0.1, -0.05) is 39.2 Å². The summed E-state index contributed by atoms with van der Waals surface area (Å²) in [6.07, 6.45) is 5.35. The lowest BCUT2D eigenvalue weighted by Crippen LogP contribution is -2.10. The van der Waals surface area contributed by atoms with E-state index in [2.05, 4.69) is 13.8 Å². The van der Waals surface area contributed by atoms with E-state index in [-0.39, 0.29) is 11.1 Å². The average molecular weight is 278 g/mol. The van der Waals surface area contributed by atoms with Crippen molar-refractivity contribution in [2.24, 2.45) is 0 Å². The Hall–Kier alpha value is -1.84. The van der Waals surface area contributed by atoms with Crippen molar-refractivity contribution < 1.29 is 19.8 Å². The van der Waals surface area contributed by atoms with Gasteiger partial charge >= 0.3 is 11.9 Å². The van der Waals surface area contributed by atoms with E-state index >= 15 is 0 Å². The van der Waals surface area contributed by atoms with Crippen LogP contribution in [0.1, 0.15) is 78.1 Å². The number of benzene rings is 1. The monoisotopic (exact) mass is 278 g/mol. The van der Waals surface area contributed by atoms with Crippen LogP contribution in [0.25, 0.3) is 0 Å². The molecule has 0 aromatic heterocycles. The molecular weight excluding hydrogens is 256 g/mol.